The van der Waals surface area contributed by atoms with Gasteiger partial charge in [0.25, 0.3) is 0 Å². The molecule has 19 heavy (non-hydrogen) atoms. The van der Waals surface area contributed by atoms with Gasteiger partial charge in [0.15, 0.2) is 0 Å². The van der Waals surface area contributed by atoms with Crippen molar-refractivity contribution >= 4 is 11.6 Å². The third-order valence-electron chi connectivity index (χ3n) is 4.66. The molecule has 0 bridgehead atoms. The Hall–Kier alpha value is -0.530. The predicted molar refractivity (Wildman–Crippen MR) is 81.4 cm³/mol. The van der Waals surface area contributed by atoms with Crippen LogP contribution in [0.1, 0.15) is 45.1 Å². The van der Waals surface area contributed by atoms with Gasteiger partial charge in [0, 0.05) is 5.02 Å². The van der Waals surface area contributed by atoms with Crippen LogP contribution in [0, 0.1) is 17.8 Å². The Morgan fingerprint density at radius 2 is 1.58 bits per heavy atom. The van der Waals surface area contributed by atoms with Crippen molar-refractivity contribution in [1.29, 1.82) is 0 Å². The minimum absolute atomic E-state index is 0.200. The molecule has 1 unspecified atom stereocenters. The molecule has 106 valence electrons. The molecule has 1 saturated carbocycles. The van der Waals surface area contributed by atoms with E-state index in [1.165, 1.54) is 31.2 Å². The molecule has 1 fully saturated rings. The Morgan fingerprint density at radius 1 is 1.05 bits per heavy atom. The van der Waals surface area contributed by atoms with Crippen molar-refractivity contribution in [2.45, 2.75) is 52.1 Å². The molecule has 0 aliphatic heterocycles. The van der Waals surface area contributed by atoms with Crippen LogP contribution in [0.3, 0.4) is 0 Å². The van der Waals surface area contributed by atoms with Gasteiger partial charge >= 0.3 is 0 Å². The summed E-state index contributed by atoms with van der Waals surface area (Å²) in [5.74, 6) is 2.12. The Kier molecular flexibility index (Phi) is 5.29. The maximum Gasteiger partial charge on any atom is 0.0608 e. The first-order valence-corrected chi connectivity index (χ1v) is 7.86. The Bertz CT molecular complexity index is 377. The van der Waals surface area contributed by atoms with Crippen molar-refractivity contribution in [3.05, 3.63) is 34.9 Å². The molecule has 0 radical (unpaired) electrons. The van der Waals surface area contributed by atoms with Gasteiger partial charge in [0.2, 0.25) is 0 Å². The van der Waals surface area contributed by atoms with Crippen LogP contribution < -0.4 is 0 Å². The van der Waals surface area contributed by atoms with Crippen LogP contribution in [0.25, 0.3) is 0 Å². The predicted octanol–water partition coefficient (Wildman–Crippen LogP) is 4.71. The molecule has 2 heteroatoms. The number of hydrogen-bond acceptors (Lipinski definition) is 1. The highest BCUT2D eigenvalue weighted by Crippen LogP contribution is 2.35. The van der Waals surface area contributed by atoms with E-state index in [9.17, 15) is 5.11 Å². The molecule has 0 aromatic heterocycles. The van der Waals surface area contributed by atoms with Crippen LogP contribution in [0.4, 0.5) is 0 Å². The molecule has 1 aromatic carbocycles. The smallest absolute Gasteiger partial charge is 0.0608 e. The van der Waals surface area contributed by atoms with E-state index < -0.39 is 0 Å². The monoisotopic (exact) mass is 280 g/mol. The van der Waals surface area contributed by atoms with E-state index in [0.29, 0.717) is 5.92 Å². The van der Waals surface area contributed by atoms with E-state index in [1.54, 1.807) is 0 Å². The molecular formula is C17H25ClO. The summed E-state index contributed by atoms with van der Waals surface area (Å²) in [6, 6.07) is 7.84. The van der Waals surface area contributed by atoms with Gasteiger partial charge < -0.3 is 5.11 Å². The highest BCUT2D eigenvalue weighted by molar-refractivity contribution is 6.30. The molecule has 1 N–H and O–H groups in total. The molecule has 0 amide bonds. The summed E-state index contributed by atoms with van der Waals surface area (Å²) in [6.07, 6.45) is 5.47. The number of halogens is 1. The van der Waals surface area contributed by atoms with Gasteiger partial charge in [-0.2, -0.15) is 0 Å². The average molecular weight is 281 g/mol. The van der Waals surface area contributed by atoms with Gasteiger partial charge in [-0.25, -0.2) is 0 Å². The maximum absolute atomic E-state index is 10.4. The zero-order valence-corrected chi connectivity index (χ0v) is 12.7. The van der Waals surface area contributed by atoms with E-state index in [4.69, 9.17) is 11.6 Å². The van der Waals surface area contributed by atoms with E-state index in [0.717, 1.165) is 23.3 Å². The van der Waals surface area contributed by atoms with Crippen LogP contribution in [0.2, 0.25) is 5.02 Å². The van der Waals surface area contributed by atoms with Crippen LogP contribution in [0.15, 0.2) is 24.3 Å². The zero-order valence-electron chi connectivity index (χ0n) is 12.0. The highest BCUT2D eigenvalue weighted by atomic mass is 35.5. The Labute approximate surface area is 122 Å². The fourth-order valence-electron chi connectivity index (χ4n) is 3.23. The van der Waals surface area contributed by atoms with Gasteiger partial charge in [-0.1, -0.05) is 37.6 Å². The van der Waals surface area contributed by atoms with Crippen molar-refractivity contribution in [3.63, 3.8) is 0 Å². The lowest BCUT2D eigenvalue weighted by atomic mass is 9.74. The first-order chi connectivity index (χ1) is 9.06. The summed E-state index contributed by atoms with van der Waals surface area (Å²) in [6.45, 7) is 4.63. The Balaban J connectivity index is 1.84. The van der Waals surface area contributed by atoms with Crippen molar-refractivity contribution in [2.24, 2.45) is 17.8 Å². The SMILES string of the molecule is CC(C)C1CCC(C(O)Cc2ccc(Cl)cc2)CC1. The van der Waals surface area contributed by atoms with Crippen molar-refractivity contribution in [2.75, 3.05) is 0 Å². The van der Waals surface area contributed by atoms with E-state index in [1.807, 2.05) is 24.3 Å². The summed E-state index contributed by atoms with van der Waals surface area (Å²) in [7, 11) is 0. The summed E-state index contributed by atoms with van der Waals surface area (Å²) in [5.41, 5.74) is 1.18. The minimum Gasteiger partial charge on any atom is -0.392 e. The second-order valence-corrected chi connectivity index (χ2v) is 6.75. The van der Waals surface area contributed by atoms with E-state index in [2.05, 4.69) is 13.8 Å². The lowest BCUT2D eigenvalue weighted by Crippen LogP contribution is -2.28. The second kappa shape index (κ2) is 6.76. The molecule has 0 spiro atoms. The highest BCUT2D eigenvalue weighted by Gasteiger charge is 2.27. The molecule has 0 heterocycles. The van der Waals surface area contributed by atoms with Crippen LogP contribution >= 0.6 is 11.6 Å². The van der Waals surface area contributed by atoms with E-state index in [-0.39, 0.29) is 6.10 Å². The average Bonchev–Trinajstić information content (AvgIpc) is 2.41. The molecule has 1 aliphatic rings. The molecular weight excluding hydrogens is 256 g/mol. The third kappa shape index (κ3) is 4.22. The first-order valence-electron chi connectivity index (χ1n) is 7.48. The van der Waals surface area contributed by atoms with Crippen molar-refractivity contribution in [1.82, 2.24) is 0 Å². The molecule has 1 nitrogen and oxygen atoms in total. The summed E-state index contributed by atoms with van der Waals surface area (Å²) in [5, 5.41) is 11.1. The number of benzene rings is 1. The quantitative estimate of drug-likeness (QED) is 0.847. The van der Waals surface area contributed by atoms with Crippen LogP contribution in [0.5, 0.6) is 0 Å². The summed E-state index contributed by atoms with van der Waals surface area (Å²) >= 11 is 5.88. The Morgan fingerprint density at radius 3 is 2.11 bits per heavy atom. The fourth-order valence-corrected chi connectivity index (χ4v) is 3.35. The maximum atomic E-state index is 10.4. The molecule has 2 rings (SSSR count). The molecule has 1 aliphatic carbocycles. The summed E-state index contributed by atoms with van der Waals surface area (Å²) in [4.78, 5) is 0. The zero-order chi connectivity index (χ0) is 13.8. The molecule has 0 saturated heterocycles. The molecule has 1 atom stereocenters. The summed E-state index contributed by atoms with van der Waals surface area (Å²) < 4.78 is 0. The fraction of sp³-hybridized carbons (Fsp3) is 0.647. The lowest BCUT2D eigenvalue weighted by molar-refractivity contribution is 0.0675. The lowest BCUT2D eigenvalue weighted by Gasteiger charge is -2.33. The number of rotatable bonds is 4. The third-order valence-corrected chi connectivity index (χ3v) is 4.91. The largest absolute Gasteiger partial charge is 0.392 e. The van der Waals surface area contributed by atoms with Gasteiger partial charge in [0.05, 0.1) is 6.10 Å². The van der Waals surface area contributed by atoms with Crippen LogP contribution in [-0.4, -0.2) is 11.2 Å². The first kappa shape index (κ1) is 14.9. The van der Waals surface area contributed by atoms with Crippen molar-refractivity contribution in [3.8, 4) is 0 Å². The number of hydrogen-bond donors (Lipinski definition) is 1. The second-order valence-electron chi connectivity index (χ2n) is 6.32. The van der Waals surface area contributed by atoms with Gasteiger partial charge in [0.1, 0.15) is 0 Å². The number of aliphatic hydroxyl groups is 1. The standard InChI is InChI=1S/C17H25ClO/c1-12(2)14-5-7-15(8-6-14)17(19)11-13-3-9-16(18)10-4-13/h3-4,9-10,12,14-15,17,19H,5-8,11H2,1-2H3. The van der Waals surface area contributed by atoms with Gasteiger partial charge in [-0.15, -0.1) is 0 Å². The minimum atomic E-state index is -0.200. The number of aliphatic hydroxyl groups excluding tert-OH is 1. The van der Waals surface area contributed by atoms with Gasteiger partial charge in [-0.3, -0.25) is 0 Å². The molecule has 1 aromatic rings. The topological polar surface area (TPSA) is 20.2 Å². The normalized spacial score (nSPS) is 25.5. The van der Waals surface area contributed by atoms with Crippen LogP contribution in [-0.2, 0) is 6.42 Å². The van der Waals surface area contributed by atoms with Gasteiger partial charge in [-0.05, 0) is 67.6 Å². The van der Waals surface area contributed by atoms with Crippen molar-refractivity contribution < 1.29 is 5.11 Å². The van der Waals surface area contributed by atoms with E-state index >= 15 is 0 Å².